The minimum absolute atomic E-state index is 0.0398. The first kappa shape index (κ1) is 15.2. The van der Waals surface area contributed by atoms with E-state index in [-0.39, 0.29) is 36.2 Å². The van der Waals surface area contributed by atoms with Crippen LogP contribution in [0.15, 0.2) is 60.7 Å². The molecule has 2 nitrogen and oxygen atoms in total. The van der Waals surface area contributed by atoms with Crippen molar-refractivity contribution in [3.63, 3.8) is 0 Å². The van der Waals surface area contributed by atoms with E-state index in [4.69, 9.17) is 0 Å². The van der Waals surface area contributed by atoms with Crippen molar-refractivity contribution in [1.29, 1.82) is 0 Å². The molecule has 1 fully saturated rings. The van der Waals surface area contributed by atoms with E-state index in [2.05, 4.69) is 0 Å². The van der Waals surface area contributed by atoms with Crippen LogP contribution in [0.5, 0.6) is 0 Å². The van der Waals surface area contributed by atoms with E-state index < -0.39 is 0 Å². The Hall–Kier alpha value is -1.70. The molecule has 0 spiro atoms. The molecule has 3 rings (SSSR count). The SMILES string of the molecule is O=C(c1ccccc1)[C@@H]1CCC[C@H](C(=O)c2ccccc2)[Se]1. The summed E-state index contributed by atoms with van der Waals surface area (Å²) >= 11 is 0.0398. The Balaban J connectivity index is 1.72. The molecule has 2 aromatic carbocycles. The van der Waals surface area contributed by atoms with Gasteiger partial charge in [0.2, 0.25) is 0 Å². The number of rotatable bonds is 4. The Labute approximate surface area is 137 Å². The van der Waals surface area contributed by atoms with Gasteiger partial charge in [0.05, 0.1) is 0 Å². The van der Waals surface area contributed by atoms with Gasteiger partial charge in [-0.2, -0.15) is 0 Å². The predicted molar refractivity (Wildman–Crippen MR) is 88.7 cm³/mol. The van der Waals surface area contributed by atoms with Crippen molar-refractivity contribution < 1.29 is 9.59 Å². The third-order valence-electron chi connectivity index (χ3n) is 3.96. The van der Waals surface area contributed by atoms with Crippen LogP contribution >= 0.6 is 0 Å². The van der Waals surface area contributed by atoms with E-state index in [1.54, 1.807) is 0 Å². The van der Waals surface area contributed by atoms with Crippen LogP contribution in [0.1, 0.15) is 40.0 Å². The molecule has 2 atom stereocenters. The van der Waals surface area contributed by atoms with Crippen LogP contribution in [0.2, 0.25) is 9.63 Å². The molecule has 0 aliphatic carbocycles. The number of hydrogen-bond acceptors (Lipinski definition) is 2. The van der Waals surface area contributed by atoms with Crippen molar-refractivity contribution in [2.45, 2.75) is 28.9 Å². The van der Waals surface area contributed by atoms with E-state index in [0.29, 0.717) is 0 Å². The zero-order valence-electron chi connectivity index (χ0n) is 12.3. The number of carbonyl (C=O) groups excluding carboxylic acids is 2. The maximum absolute atomic E-state index is 12.6. The first-order valence-corrected chi connectivity index (χ1v) is 9.57. The van der Waals surface area contributed by atoms with Gasteiger partial charge < -0.3 is 0 Å². The third-order valence-corrected chi connectivity index (χ3v) is 7.23. The molecule has 112 valence electrons. The molecule has 22 heavy (non-hydrogen) atoms. The molecule has 1 heterocycles. The predicted octanol–water partition coefficient (Wildman–Crippen LogP) is 4.22. The Morgan fingerprint density at radius 2 is 1.14 bits per heavy atom. The van der Waals surface area contributed by atoms with Crippen molar-refractivity contribution in [3.05, 3.63) is 71.8 Å². The van der Waals surface area contributed by atoms with Gasteiger partial charge in [0, 0.05) is 0 Å². The van der Waals surface area contributed by atoms with Gasteiger partial charge >= 0.3 is 137 Å². The van der Waals surface area contributed by atoms with Gasteiger partial charge in [-0.1, -0.05) is 0 Å². The number of Topliss-reactive ketones (excluding diaryl/α,β-unsaturated/α-hetero) is 2. The molecule has 2 aromatic rings. The molecule has 1 aliphatic heterocycles. The first-order valence-electron chi connectivity index (χ1n) is 7.59. The van der Waals surface area contributed by atoms with Gasteiger partial charge in [0.15, 0.2) is 0 Å². The van der Waals surface area contributed by atoms with Crippen LogP contribution in [0.3, 0.4) is 0 Å². The van der Waals surface area contributed by atoms with Crippen molar-refractivity contribution in [2.75, 3.05) is 0 Å². The normalized spacial score (nSPS) is 21.3. The van der Waals surface area contributed by atoms with E-state index in [1.165, 1.54) is 0 Å². The molecule has 0 amide bonds. The van der Waals surface area contributed by atoms with E-state index in [0.717, 1.165) is 30.4 Å². The molecule has 0 bridgehead atoms. The van der Waals surface area contributed by atoms with Crippen LogP contribution in [0, 0.1) is 0 Å². The summed E-state index contributed by atoms with van der Waals surface area (Å²) in [6, 6.07) is 18.9. The summed E-state index contributed by atoms with van der Waals surface area (Å²) in [7, 11) is 0. The molecule has 0 aromatic heterocycles. The van der Waals surface area contributed by atoms with E-state index >= 15 is 0 Å². The van der Waals surface area contributed by atoms with Gasteiger partial charge in [0.25, 0.3) is 0 Å². The Morgan fingerprint density at radius 1 is 0.727 bits per heavy atom. The second kappa shape index (κ2) is 7.04. The average molecular weight is 357 g/mol. The van der Waals surface area contributed by atoms with Crippen LogP contribution in [0.4, 0.5) is 0 Å². The zero-order valence-corrected chi connectivity index (χ0v) is 14.0. The first-order chi connectivity index (χ1) is 10.8. The quantitative estimate of drug-likeness (QED) is 0.607. The van der Waals surface area contributed by atoms with Gasteiger partial charge in [0.1, 0.15) is 0 Å². The number of benzene rings is 2. The Kier molecular flexibility index (Phi) is 4.87. The van der Waals surface area contributed by atoms with Gasteiger partial charge in [-0.25, -0.2) is 0 Å². The van der Waals surface area contributed by atoms with Gasteiger partial charge in [-0.05, 0) is 0 Å². The average Bonchev–Trinajstić information content (AvgIpc) is 2.62. The molecule has 0 radical (unpaired) electrons. The summed E-state index contributed by atoms with van der Waals surface area (Å²) in [5.74, 6) is 0.428. The van der Waals surface area contributed by atoms with Crippen molar-refractivity contribution in [2.24, 2.45) is 0 Å². The molecular formula is C19H18O2Se. The van der Waals surface area contributed by atoms with Crippen molar-refractivity contribution in [1.82, 2.24) is 0 Å². The van der Waals surface area contributed by atoms with Crippen LogP contribution < -0.4 is 0 Å². The molecule has 0 saturated carbocycles. The molecule has 1 aliphatic rings. The molecule has 0 unspecified atom stereocenters. The molecular weight excluding hydrogens is 339 g/mol. The number of ketones is 2. The Morgan fingerprint density at radius 3 is 1.55 bits per heavy atom. The summed E-state index contributed by atoms with van der Waals surface area (Å²) in [4.78, 5) is 25.3. The second-order valence-electron chi connectivity index (χ2n) is 5.50. The summed E-state index contributed by atoms with van der Waals surface area (Å²) in [5.41, 5.74) is 1.56. The zero-order chi connectivity index (χ0) is 15.4. The van der Waals surface area contributed by atoms with Gasteiger partial charge in [-0.15, -0.1) is 0 Å². The molecule has 3 heteroatoms. The molecule has 0 N–H and O–H groups in total. The third kappa shape index (κ3) is 3.37. The van der Waals surface area contributed by atoms with E-state index in [1.807, 2.05) is 60.7 Å². The topological polar surface area (TPSA) is 34.1 Å². The van der Waals surface area contributed by atoms with Gasteiger partial charge in [-0.3, -0.25) is 0 Å². The summed E-state index contributed by atoms with van der Waals surface area (Å²) in [6.45, 7) is 0. The summed E-state index contributed by atoms with van der Waals surface area (Å²) < 4.78 is 0. The van der Waals surface area contributed by atoms with Crippen LogP contribution in [0.25, 0.3) is 0 Å². The Bertz CT molecular complexity index is 594. The minimum atomic E-state index is 0.0398. The summed E-state index contributed by atoms with van der Waals surface area (Å²) in [5, 5.41) is 0. The fraction of sp³-hybridized carbons (Fsp3) is 0.263. The maximum atomic E-state index is 12.6. The van der Waals surface area contributed by atoms with E-state index in [9.17, 15) is 9.59 Å². The molecule has 1 saturated heterocycles. The van der Waals surface area contributed by atoms with Crippen LogP contribution in [-0.2, 0) is 0 Å². The van der Waals surface area contributed by atoms with Crippen LogP contribution in [-0.4, -0.2) is 26.5 Å². The second-order valence-corrected chi connectivity index (χ2v) is 8.46. The summed E-state index contributed by atoms with van der Waals surface area (Å²) in [6.07, 6.45) is 2.81. The standard InChI is InChI=1S/C19H18O2Se/c20-18(14-8-3-1-4-9-14)16-12-7-13-17(22-16)19(21)15-10-5-2-6-11-15/h1-6,8-11,16-17H,7,12-13H2/t16-,17+. The monoisotopic (exact) mass is 358 g/mol. The van der Waals surface area contributed by atoms with Crippen molar-refractivity contribution in [3.8, 4) is 0 Å². The number of hydrogen-bond donors (Lipinski definition) is 0. The fourth-order valence-electron chi connectivity index (χ4n) is 2.79. The van der Waals surface area contributed by atoms with Crippen molar-refractivity contribution >= 4 is 26.5 Å². The fourth-order valence-corrected chi connectivity index (χ4v) is 5.98. The number of carbonyl (C=O) groups is 2.